The first-order chi connectivity index (χ1) is 9.51. The van der Waals surface area contributed by atoms with Gasteiger partial charge in [0.05, 0.1) is 10.7 Å². The molecule has 1 amide bonds. The number of hydrogen-bond acceptors (Lipinski definition) is 3. The van der Waals surface area contributed by atoms with Crippen LogP contribution in [0.2, 0.25) is 5.02 Å². The summed E-state index contributed by atoms with van der Waals surface area (Å²) >= 11 is 6.40. The lowest BCUT2D eigenvalue weighted by Gasteiger charge is -2.22. The Morgan fingerprint density at radius 2 is 2.20 bits per heavy atom. The third-order valence-corrected chi connectivity index (χ3v) is 4.74. The first-order valence-corrected chi connectivity index (χ1v) is 7.41. The van der Waals surface area contributed by atoms with Crippen LogP contribution in [0.4, 0.5) is 11.4 Å². The van der Waals surface area contributed by atoms with Gasteiger partial charge in [0, 0.05) is 24.8 Å². The summed E-state index contributed by atoms with van der Waals surface area (Å²) in [6.07, 6.45) is 1.30. The first-order valence-electron chi connectivity index (χ1n) is 7.04. The number of rotatable bonds is 4. The zero-order valence-electron chi connectivity index (χ0n) is 12.0. The number of carbonyl (C=O) groups is 1. The minimum atomic E-state index is -0.301. The average molecular weight is 294 g/mol. The van der Waals surface area contributed by atoms with Crippen LogP contribution in [0.1, 0.15) is 24.9 Å². The molecule has 0 saturated heterocycles. The smallest absolute Gasteiger partial charge is 0.246 e. The van der Waals surface area contributed by atoms with Gasteiger partial charge < -0.3 is 15.5 Å². The molecule has 1 saturated carbocycles. The molecule has 3 rings (SSSR count). The maximum Gasteiger partial charge on any atom is 0.246 e. The lowest BCUT2D eigenvalue weighted by molar-refractivity contribution is -0.117. The number of nitrogens with zero attached hydrogens (tertiary/aromatic N) is 1. The maximum atomic E-state index is 11.9. The summed E-state index contributed by atoms with van der Waals surface area (Å²) in [7, 11) is 3.84. The van der Waals surface area contributed by atoms with E-state index in [0.717, 1.165) is 35.3 Å². The summed E-state index contributed by atoms with van der Waals surface area (Å²) in [5, 5.41) is 6.63. The Labute approximate surface area is 124 Å². The predicted octanol–water partition coefficient (Wildman–Crippen LogP) is 2.64. The summed E-state index contributed by atoms with van der Waals surface area (Å²) in [6.45, 7) is 3.30. The van der Waals surface area contributed by atoms with E-state index in [9.17, 15) is 4.79 Å². The van der Waals surface area contributed by atoms with Crippen LogP contribution in [0, 0.1) is 11.8 Å². The standard InChI is InChI=1S/C15H20ClN3O/c1-8-4-9(8)7-19(3)13-6-12-10(5-11(13)16)14(17-2)15(20)18-12/h5-6,8-9,14,17H,4,7H2,1-3H3,(H,18,20). The van der Waals surface area contributed by atoms with Crippen molar-refractivity contribution in [2.24, 2.45) is 11.8 Å². The Morgan fingerprint density at radius 3 is 2.80 bits per heavy atom. The van der Waals surface area contributed by atoms with E-state index < -0.39 is 0 Å². The van der Waals surface area contributed by atoms with E-state index in [4.69, 9.17) is 11.6 Å². The lowest BCUT2D eigenvalue weighted by Crippen LogP contribution is -2.23. The first kappa shape index (κ1) is 13.7. The normalized spacial score (nSPS) is 27.2. The van der Waals surface area contributed by atoms with Crippen LogP contribution in [-0.2, 0) is 4.79 Å². The third kappa shape index (κ3) is 2.27. The van der Waals surface area contributed by atoms with E-state index in [-0.39, 0.29) is 11.9 Å². The Bertz CT molecular complexity index is 560. The molecule has 1 aliphatic carbocycles. The minimum Gasteiger partial charge on any atom is -0.373 e. The fourth-order valence-electron chi connectivity index (χ4n) is 2.95. The fourth-order valence-corrected chi connectivity index (χ4v) is 3.27. The molecule has 20 heavy (non-hydrogen) atoms. The highest BCUT2D eigenvalue weighted by Gasteiger charge is 2.34. The molecule has 2 N–H and O–H groups in total. The highest BCUT2D eigenvalue weighted by atomic mass is 35.5. The summed E-state index contributed by atoms with van der Waals surface area (Å²) in [5.74, 6) is 1.57. The fraction of sp³-hybridized carbons (Fsp3) is 0.533. The molecule has 108 valence electrons. The topological polar surface area (TPSA) is 44.4 Å². The molecule has 0 aromatic heterocycles. The molecule has 1 aromatic rings. The van der Waals surface area contributed by atoms with Gasteiger partial charge in [0.2, 0.25) is 5.91 Å². The van der Waals surface area contributed by atoms with Crippen molar-refractivity contribution in [3.63, 3.8) is 0 Å². The van der Waals surface area contributed by atoms with Crippen LogP contribution < -0.4 is 15.5 Å². The summed E-state index contributed by atoms with van der Waals surface area (Å²) in [4.78, 5) is 14.0. The van der Waals surface area contributed by atoms with Crippen LogP contribution in [0.5, 0.6) is 0 Å². The van der Waals surface area contributed by atoms with Gasteiger partial charge in [-0.1, -0.05) is 18.5 Å². The monoisotopic (exact) mass is 293 g/mol. The number of fused-ring (bicyclic) bond motifs is 1. The molecular weight excluding hydrogens is 274 g/mol. The number of carbonyl (C=O) groups excluding carboxylic acids is 1. The van der Waals surface area contributed by atoms with E-state index in [0.29, 0.717) is 5.02 Å². The van der Waals surface area contributed by atoms with Crippen molar-refractivity contribution < 1.29 is 4.79 Å². The van der Waals surface area contributed by atoms with E-state index in [1.165, 1.54) is 6.42 Å². The highest BCUT2D eigenvalue weighted by molar-refractivity contribution is 6.33. The van der Waals surface area contributed by atoms with Gasteiger partial charge >= 0.3 is 0 Å². The van der Waals surface area contributed by atoms with Crippen molar-refractivity contribution in [2.75, 3.05) is 30.9 Å². The zero-order chi connectivity index (χ0) is 14.4. The third-order valence-electron chi connectivity index (χ3n) is 4.43. The highest BCUT2D eigenvalue weighted by Crippen LogP contribution is 2.42. The number of anilines is 2. The van der Waals surface area contributed by atoms with E-state index in [1.807, 2.05) is 12.1 Å². The predicted molar refractivity (Wildman–Crippen MR) is 82.4 cm³/mol. The molecule has 2 aliphatic rings. The number of halogens is 1. The van der Waals surface area contributed by atoms with Crippen LogP contribution in [-0.4, -0.2) is 26.5 Å². The van der Waals surface area contributed by atoms with Gasteiger partial charge in [-0.05, 0) is 37.4 Å². The Hall–Kier alpha value is -1.26. The van der Waals surface area contributed by atoms with E-state index >= 15 is 0 Å². The van der Waals surface area contributed by atoms with Gasteiger partial charge in [0.1, 0.15) is 6.04 Å². The van der Waals surface area contributed by atoms with Crippen molar-refractivity contribution in [3.05, 3.63) is 22.7 Å². The number of hydrogen-bond donors (Lipinski definition) is 2. The Morgan fingerprint density at radius 1 is 1.50 bits per heavy atom. The molecule has 0 spiro atoms. The van der Waals surface area contributed by atoms with E-state index in [1.54, 1.807) is 7.05 Å². The Balaban J connectivity index is 1.87. The molecule has 3 unspecified atom stereocenters. The zero-order valence-corrected chi connectivity index (χ0v) is 12.8. The molecular formula is C15H20ClN3O. The van der Waals surface area contributed by atoms with Crippen molar-refractivity contribution >= 4 is 28.9 Å². The number of amides is 1. The van der Waals surface area contributed by atoms with Crippen molar-refractivity contribution in [2.45, 2.75) is 19.4 Å². The minimum absolute atomic E-state index is 0.0193. The second-order valence-corrected chi connectivity index (χ2v) is 6.36. The molecule has 1 aromatic carbocycles. The van der Waals surface area contributed by atoms with Gasteiger partial charge in [-0.25, -0.2) is 0 Å². The van der Waals surface area contributed by atoms with Gasteiger partial charge in [0.15, 0.2) is 0 Å². The molecule has 3 atom stereocenters. The molecule has 5 heteroatoms. The molecule has 1 heterocycles. The molecule has 4 nitrogen and oxygen atoms in total. The quantitative estimate of drug-likeness (QED) is 0.897. The van der Waals surface area contributed by atoms with Crippen LogP contribution in [0.3, 0.4) is 0 Å². The molecule has 1 fully saturated rings. The average Bonchev–Trinajstić information content (AvgIpc) is 2.98. The van der Waals surface area contributed by atoms with Crippen molar-refractivity contribution in [1.29, 1.82) is 0 Å². The lowest BCUT2D eigenvalue weighted by atomic mass is 10.1. The Kier molecular flexibility index (Phi) is 3.38. The SMILES string of the molecule is CNC1C(=O)Nc2cc(N(C)CC3CC3C)c(Cl)cc21. The molecule has 0 bridgehead atoms. The number of likely N-dealkylation sites (N-methyl/N-ethyl adjacent to an activating group) is 1. The van der Waals surface area contributed by atoms with Gasteiger partial charge in [-0.3, -0.25) is 4.79 Å². The largest absolute Gasteiger partial charge is 0.373 e. The van der Waals surface area contributed by atoms with Crippen LogP contribution >= 0.6 is 11.6 Å². The van der Waals surface area contributed by atoms with Crippen molar-refractivity contribution in [3.8, 4) is 0 Å². The summed E-state index contributed by atoms with van der Waals surface area (Å²) in [6, 6.07) is 3.59. The number of benzene rings is 1. The van der Waals surface area contributed by atoms with Crippen LogP contribution in [0.15, 0.2) is 12.1 Å². The van der Waals surface area contributed by atoms with Gasteiger partial charge in [-0.15, -0.1) is 0 Å². The molecule has 0 radical (unpaired) electrons. The summed E-state index contributed by atoms with van der Waals surface area (Å²) in [5.41, 5.74) is 2.78. The van der Waals surface area contributed by atoms with Gasteiger partial charge in [-0.2, -0.15) is 0 Å². The number of nitrogens with one attached hydrogen (secondary N) is 2. The second-order valence-electron chi connectivity index (χ2n) is 5.96. The van der Waals surface area contributed by atoms with Gasteiger partial charge in [0.25, 0.3) is 0 Å². The van der Waals surface area contributed by atoms with E-state index in [2.05, 4.69) is 29.5 Å². The molecule has 1 aliphatic heterocycles. The second kappa shape index (κ2) is 4.93. The summed E-state index contributed by atoms with van der Waals surface area (Å²) < 4.78 is 0. The van der Waals surface area contributed by atoms with Crippen LogP contribution in [0.25, 0.3) is 0 Å². The maximum absolute atomic E-state index is 11.9. The van der Waals surface area contributed by atoms with Crippen molar-refractivity contribution in [1.82, 2.24) is 5.32 Å².